The minimum absolute atomic E-state index is 0. The third-order valence-electron chi connectivity index (χ3n) is 14.0. The molecule has 1 unspecified atom stereocenters. The molecule has 0 fully saturated rings. The Morgan fingerprint density at radius 3 is 1.57 bits per heavy atom. The van der Waals surface area contributed by atoms with Crippen LogP contribution < -0.4 is 31.1 Å². The molecule has 1 atom stereocenters. The minimum atomic E-state index is -0.186. The molecule has 0 saturated heterocycles. The molecule has 484 valence electrons. The first-order valence-corrected chi connectivity index (χ1v) is 30.8. The number of anilines is 4. The summed E-state index contributed by atoms with van der Waals surface area (Å²) in [6.45, 7) is 2.91. The molecule has 1 aliphatic heterocycles. The number of methoxy groups -OCH3 is 1. The van der Waals surface area contributed by atoms with Gasteiger partial charge in [-0.05, 0) is 123 Å². The first-order chi connectivity index (χ1) is 44.6. The SMILES string of the molecule is Brc1ccnc2[nH]ccc12.C.C.C.CC(=O)Nc1ccccc1-c1ccnc2[nH]ccc12.CC(=O)Nc1ccccc1O[B]O.COc1ccccc1.Nc1ccccc1-c1ccnc2[nH]ccc12.[CH2-]I.[V].c1ccc(C2Nc3ccccc3-c3ccnc4[nH]cc2c34)cc1. The van der Waals surface area contributed by atoms with Crippen molar-refractivity contribution in [1.29, 1.82) is 0 Å². The van der Waals surface area contributed by atoms with Crippen LogP contribution in [0.15, 0.2) is 254 Å². The summed E-state index contributed by atoms with van der Waals surface area (Å²) in [5, 5.41) is 22.0. The van der Waals surface area contributed by atoms with Gasteiger partial charge in [-0.15, -0.1) is 0 Å². The van der Waals surface area contributed by atoms with Crippen molar-refractivity contribution in [2.45, 2.75) is 42.2 Å². The van der Waals surface area contributed by atoms with Gasteiger partial charge in [0.1, 0.15) is 34.1 Å². The van der Waals surface area contributed by atoms with Crippen LogP contribution in [-0.4, -0.2) is 71.5 Å². The van der Waals surface area contributed by atoms with Gasteiger partial charge in [-0.2, -0.15) is 0 Å². The predicted octanol–water partition coefficient (Wildman–Crippen LogP) is 18.4. The van der Waals surface area contributed by atoms with Gasteiger partial charge in [0.2, 0.25) is 11.8 Å². The smallest absolute Gasteiger partial charge is 0.536 e. The number of rotatable bonds is 8. The predicted molar refractivity (Wildman–Crippen MR) is 401 cm³/mol. The van der Waals surface area contributed by atoms with Crippen molar-refractivity contribution in [3.8, 4) is 44.9 Å². The monoisotopic (exact) mass is 1480 g/mol. The summed E-state index contributed by atoms with van der Waals surface area (Å²) in [5.74, 6) is 1.05. The van der Waals surface area contributed by atoms with Gasteiger partial charge < -0.3 is 78.6 Å². The zero-order valence-corrected chi connectivity index (χ0v) is 55.3. The summed E-state index contributed by atoms with van der Waals surface area (Å²) in [4.78, 5) is 54.9. The summed E-state index contributed by atoms with van der Waals surface area (Å²) in [5.41, 5.74) is 22.0. The zero-order chi connectivity index (χ0) is 63.9. The molecule has 0 spiro atoms. The number of carbonyl (C=O) groups is 2. The first kappa shape index (κ1) is 75.8. The second-order valence-electron chi connectivity index (χ2n) is 19.8. The third-order valence-corrected chi connectivity index (χ3v) is 14.7. The van der Waals surface area contributed by atoms with E-state index in [0.717, 1.165) is 88.3 Å². The Morgan fingerprint density at radius 2 is 1.00 bits per heavy atom. The number of aromatic nitrogens is 8. The average Bonchev–Trinajstić information content (AvgIpc) is 1.63. The van der Waals surface area contributed by atoms with Crippen molar-refractivity contribution >= 4 is 125 Å². The maximum absolute atomic E-state index is 11.3. The molecule has 6 aromatic carbocycles. The van der Waals surface area contributed by atoms with Crippen LogP contribution in [0.1, 0.15) is 53.3 Å². The van der Waals surface area contributed by atoms with Crippen LogP contribution in [0.2, 0.25) is 0 Å². The van der Waals surface area contributed by atoms with Gasteiger partial charge in [-0.25, -0.2) is 19.9 Å². The molecule has 9 heterocycles. The molecule has 1 aliphatic rings. The van der Waals surface area contributed by atoms with E-state index in [9.17, 15) is 9.59 Å². The van der Waals surface area contributed by atoms with Gasteiger partial charge >= 0.3 is 7.69 Å². The summed E-state index contributed by atoms with van der Waals surface area (Å²) in [6, 6.07) is 65.2. The number of nitrogens with one attached hydrogen (secondary N) is 7. The maximum atomic E-state index is 11.3. The number of hydrogen-bond acceptors (Lipinski definition) is 11. The molecule has 2 radical (unpaired) electrons. The van der Waals surface area contributed by atoms with E-state index < -0.39 is 0 Å². The molecule has 8 aromatic heterocycles. The van der Waals surface area contributed by atoms with Crippen molar-refractivity contribution in [2.75, 3.05) is 28.8 Å². The number of halogens is 2. The van der Waals surface area contributed by atoms with E-state index in [1.165, 1.54) is 41.5 Å². The number of amides is 2. The van der Waals surface area contributed by atoms with E-state index in [-0.39, 0.29) is 58.7 Å². The molecule has 21 heteroatoms. The van der Waals surface area contributed by atoms with Crippen molar-refractivity contribution < 1.29 is 42.6 Å². The zero-order valence-electron chi connectivity index (χ0n) is 50.2. The number of pyridine rings is 4. The number of aromatic amines is 4. The fraction of sp³-hybridized carbons (Fsp3) is 0.0946. The van der Waals surface area contributed by atoms with Crippen molar-refractivity contribution in [3.05, 3.63) is 270 Å². The van der Waals surface area contributed by atoms with E-state index in [1.807, 2.05) is 163 Å². The molecule has 17 nitrogen and oxygen atoms in total. The van der Waals surface area contributed by atoms with Crippen molar-refractivity contribution in [2.24, 2.45) is 0 Å². The Hall–Kier alpha value is -9.96. The van der Waals surface area contributed by atoms with Crippen LogP contribution in [0, 0.1) is 4.93 Å². The van der Waals surface area contributed by atoms with E-state index in [4.69, 9.17) is 20.1 Å². The Kier molecular flexibility index (Phi) is 30.5. The molecule has 0 saturated carbocycles. The summed E-state index contributed by atoms with van der Waals surface area (Å²) in [6.07, 6.45) is 14.9. The van der Waals surface area contributed by atoms with E-state index in [2.05, 4.69) is 144 Å². The van der Waals surface area contributed by atoms with Crippen LogP contribution in [0.25, 0.3) is 77.5 Å². The Morgan fingerprint density at radius 1 is 0.537 bits per heavy atom. The maximum Gasteiger partial charge on any atom is 0.569 e. The number of H-pyrrole nitrogens is 4. The first-order valence-electron chi connectivity index (χ1n) is 28.4. The largest absolute Gasteiger partial charge is 0.569 e. The number of hydrogen-bond donors (Lipinski definition) is 9. The number of benzene rings is 6. The van der Waals surface area contributed by atoms with Crippen LogP contribution in [0.5, 0.6) is 11.5 Å². The molecule has 2 amide bonds. The number of carbonyl (C=O) groups excluding carboxylic acids is 2. The van der Waals surface area contributed by atoms with E-state index in [0.29, 0.717) is 19.1 Å². The van der Waals surface area contributed by atoms with Crippen LogP contribution in [0.4, 0.5) is 22.7 Å². The number of nitrogens with two attached hydrogens (primary N) is 1. The normalized spacial score (nSPS) is 10.9. The number of nitrogens with zero attached hydrogens (tertiary/aromatic N) is 4. The van der Waals surface area contributed by atoms with Crippen molar-refractivity contribution in [1.82, 2.24) is 39.9 Å². The standard InChI is InChI=1S/C20H15N3.C15H13N3O.C13H11N3.C8H9BNO3.C7H5BrN2.C7H8O.CH2I.3CH4.V/c1-2-6-13(7-3-1)19-16-12-22-20-18(16)15(10-11-21-20)14-8-4-5-9-17(14)23-19;1-10(19)18-14-5-3-2-4-12(14)11-6-8-16-15-13(11)7-9-17-15;14-12-4-2-1-3-10(12)9-5-7-15-13-11(9)6-8-16-13;1-6(11)10-7-4-2-3-5-8(7)13-9-12;8-6-2-4-10-7-5(6)1-3-9-7;1-8-7-5-3-2-4-6-7;1-2;;;;/h1-12,19,23H,(H,21,22);2-9H,1H3,(H,16,17)(H,18,19);1-8H,14H2,(H,15,16);2-5,12H,1H3,(H,10,11);1-4H,(H,9,10);2-6H,1H3;1H2;3*1H4;/q;;;;;;-1;;;;. The van der Waals surface area contributed by atoms with Crippen LogP contribution in [-0.2, 0) is 28.1 Å². The quantitative estimate of drug-likeness (QED) is 0.0299. The van der Waals surface area contributed by atoms with Crippen LogP contribution in [0.3, 0.4) is 0 Å². The fourth-order valence-electron chi connectivity index (χ4n) is 10.1. The molecule has 0 aliphatic carbocycles. The van der Waals surface area contributed by atoms with Crippen LogP contribution >= 0.6 is 38.5 Å². The summed E-state index contributed by atoms with van der Waals surface area (Å²) >= 11 is 5.32. The Labute approximate surface area is 589 Å². The minimum Gasteiger partial charge on any atom is -0.536 e. The van der Waals surface area contributed by atoms with Gasteiger partial charge in [0.05, 0.1) is 18.8 Å². The molecule has 95 heavy (non-hydrogen) atoms. The number of ether oxygens (including phenoxy) is 1. The molecule has 10 N–H and O–H groups in total. The van der Waals surface area contributed by atoms with Gasteiger partial charge in [-0.3, -0.25) is 14.5 Å². The molecule has 0 bridgehead atoms. The Balaban J connectivity index is 0.000000210. The molecule has 14 aromatic rings. The molecular formula is C74H75BBrIN12O5V-. The van der Waals surface area contributed by atoms with Crippen molar-refractivity contribution in [3.63, 3.8) is 0 Å². The van der Waals surface area contributed by atoms with E-state index >= 15 is 0 Å². The average molecular weight is 1480 g/mol. The second-order valence-corrected chi connectivity index (χ2v) is 20.7. The molecule has 15 rings (SSSR count). The van der Waals surface area contributed by atoms with Gasteiger partial charge in [0, 0.05) is 147 Å². The number of fused-ring (bicyclic) bond motifs is 5. The summed E-state index contributed by atoms with van der Waals surface area (Å²) in [7, 11) is 2.23. The van der Waals surface area contributed by atoms with E-state index in [1.54, 1.807) is 50.0 Å². The topological polar surface area (TPSA) is 250 Å². The second kappa shape index (κ2) is 38.3. The fourth-order valence-corrected chi connectivity index (χ4v) is 10.5. The number of para-hydroxylation sites is 6. The Bertz CT molecular complexity index is 4650. The van der Waals surface area contributed by atoms with Gasteiger partial charge in [-0.1, -0.05) is 138 Å². The third kappa shape index (κ3) is 19.6. The molecular weight excluding hydrogens is 1410 g/mol. The summed E-state index contributed by atoms with van der Waals surface area (Å²) < 4.78 is 10.8. The number of nitrogen functional groups attached to an aromatic ring is 1. The van der Waals surface area contributed by atoms with Gasteiger partial charge in [0.25, 0.3) is 0 Å². The van der Waals surface area contributed by atoms with Gasteiger partial charge in [0.15, 0.2) is 0 Å².